The van der Waals surface area contributed by atoms with Crippen molar-refractivity contribution in [2.45, 2.75) is 12.8 Å². The number of hydrogen-bond donors (Lipinski definition) is 2. The SMILES string of the molecule is O=C1CC(=O)Nc2cc(C(=O)CCCl)ccc2N1. The lowest BCUT2D eigenvalue weighted by Gasteiger charge is -2.08. The molecule has 94 valence electrons. The number of fused-ring (bicyclic) bond motifs is 1. The molecule has 2 rings (SSSR count). The van der Waals surface area contributed by atoms with Crippen molar-refractivity contribution in [1.29, 1.82) is 0 Å². The second-order valence-electron chi connectivity index (χ2n) is 3.90. The Balaban J connectivity index is 2.34. The summed E-state index contributed by atoms with van der Waals surface area (Å²) >= 11 is 5.51. The zero-order chi connectivity index (χ0) is 13.1. The Kier molecular flexibility index (Phi) is 3.62. The van der Waals surface area contributed by atoms with Crippen LogP contribution in [0.5, 0.6) is 0 Å². The molecule has 0 bridgehead atoms. The first-order valence-electron chi connectivity index (χ1n) is 5.43. The van der Waals surface area contributed by atoms with Crippen LogP contribution in [-0.2, 0) is 9.59 Å². The Morgan fingerprint density at radius 3 is 2.50 bits per heavy atom. The van der Waals surface area contributed by atoms with Gasteiger partial charge in [-0.1, -0.05) is 0 Å². The molecule has 1 aromatic rings. The molecule has 2 N–H and O–H groups in total. The summed E-state index contributed by atoms with van der Waals surface area (Å²) in [4.78, 5) is 34.4. The van der Waals surface area contributed by atoms with Crippen molar-refractivity contribution in [3.05, 3.63) is 23.8 Å². The molecule has 1 aliphatic heterocycles. The molecule has 0 atom stereocenters. The van der Waals surface area contributed by atoms with E-state index in [-0.39, 0.29) is 30.4 Å². The summed E-state index contributed by atoms with van der Waals surface area (Å²) in [7, 11) is 0. The summed E-state index contributed by atoms with van der Waals surface area (Å²) in [5.41, 5.74) is 1.39. The minimum Gasteiger partial charge on any atom is -0.324 e. The zero-order valence-corrected chi connectivity index (χ0v) is 10.2. The summed E-state index contributed by atoms with van der Waals surface area (Å²) < 4.78 is 0. The van der Waals surface area contributed by atoms with E-state index >= 15 is 0 Å². The second kappa shape index (κ2) is 5.18. The minimum atomic E-state index is -0.395. The first kappa shape index (κ1) is 12.6. The minimum absolute atomic E-state index is 0.0994. The van der Waals surface area contributed by atoms with Gasteiger partial charge in [0.05, 0.1) is 11.4 Å². The molecule has 6 heteroatoms. The summed E-state index contributed by atoms with van der Waals surface area (Å²) in [6, 6.07) is 4.75. The van der Waals surface area contributed by atoms with Crippen molar-refractivity contribution in [1.82, 2.24) is 0 Å². The predicted molar refractivity (Wildman–Crippen MR) is 68.0 cm³/mol. The van der Waals surface area contributed by atoms with E-state index in [0.717, 1.165) is 0 Å². The standard InChI is InChI=1S/C12H11ClN2O3/c13-4-3-10(16)7-1-2-8-9(5-7)15-12(18)6-11(17)14-8/h1-2,5H,3-4,6H2,(H,14,17)(H,15,18). The van der Waals surface area contributed by atoms with E-state index in [9.17, 15) is 14.4 Å². The van der Waals surface area contributed by atoms with E-state index < -0.39 is 5.91 Å². The van der Waals surface area contributed by atoms with E-state index in [1.54, 1.807) is 18.2 Å². The molecule has 0 aliphatic carbocycles. The molecule has 0 fully saturated rings. The van der Waals surface area contributed by atoms with Crippen LogP contribution in [0.25, 0.3) is 0 Å². The van der Waals surface area contributed by atoms with Crippen molar-refractivity contribution in [3.63, 3.8) is 0 Å². The number of halogens is 1. The Labute approximate surface area is 109 Å². The number of alkyl halides is 1. The number of ketones is 1. The van der Waals surface area contributed by atoms with Crippen LogP contribution in [0.4, 0.5) is 11.4 Å². The number of nitrogens with one attached hydrogen (secondary N) is 2. The van der Waals surface area contributed by atoms with Crippen molar-refractivity contribution in [3.8, 4) is 0 Å². The molecule has 0 saturated carbocycles. The van der Waals surface area contributed by atoms with Crippen LogP contribution >= 0.6 is 11.6 Å². The number of hydrogen-bond acceptors (Lipinski definition) is 3. The van der Waals surface area contributed by atoms with E-state index in [0.29, 0.717) is 16.9 Å². The van der Waals surface area contributed by atoms with Gasteiger partial charge in [0.1, 0.15) is 6.42 Å². The van der Waals surface area contributed by atoms with Gasteiger partial charge in [0.15, 0.2) is 5.78 Å². The molecule has 2 amide bonds. The third kappa shape index (κ3) is 2.68. The van der Waals surface area contributed by atoms with Gasteiger partial charge < -0.3 is 10.6 Å². The maximum Gasteiger partial charge on any atom is 0.233 e. The van der Waals surface area contributed by atoms with Gasteiger partial charge in [0.2, 0.25) is 11.8 Å². The fraction of sp³-hybridized carbons (Fsp3) is 0.250. The summed E-state index contributed by atoms with van der Waals surface area (Å²) in [6.07, 6.45) is 0.0142. The molecule has 0 unspecified atom stereocenters. The zero-order valence-electron chi connectivity index (χ0n) is 9.46. The highest BCUT2D eigenvalue weighted by atomic mass is 35.5. The highest BCUT2D eigenvalue weighted by molar-refractivity contribution is 6.20. The summed E-state index contributed by atoms with van der Waals surface area (Å²) in [6.45, 7) is 0. The van der Waals surface area contributed by atoms with E-state index in [4.69, 9.17) is 11.6 Å². The fourth-order valence-corrected chi connectivity index (χ4v) is 1.87. The quantitative estimate of drug-likeness (QED) is 0.497. The second-order valence-corrected chi connectivity index (χ2v) is 4.27. The van der Waals surface area contributed by atoms with Gasteiger partial charge in [0.25, 0.3) is 0 Å². The van der Waals surface area contributed by atoms with Gasteiger partial charge in [-0.05, 0) is 18.2 Å². The van der Waals surface area contributed by atoms with Crippen molar-refractivity contribution >= 4 is 40.6 Å². The lowest BCUT2D eigenvalue weighted by atomic mass is 10.1. The Morgan fingerprint density at radius 2 is 1.83 bits per heavy atom. The highest BCUT2D eigenvalue weighted by Gasteiger charge is 2.19. The topological polar surface area (TPSA) is 75.3 Å². The van der Waals surface area contributed by atoms with Gasteiger partial charge in [-0.2, -0.15) is 0 Å². The summed E-state index contributed by atoms with van der Waals surface area (Å²) in [5.74, 6) is -0.615. The molecule has 0 saturated heterocycles. The first-order chi connectivity index (χ1) is 8.60. The number of carbonyl (C=O) groups is 3. The number of Topliss-reactive ketones (excluding diaryl/α,β-unsaturated/α-hetero) is 1. The molecule has 1 heterocycles. The van der Waals surface area contributed by atoms with Crippen molar-refractivity contribution in [2.75, 3.05) is 16.5 Å². The third-order valence-electron chi connectivity index (χ3n) is 2.53. The van der Waals surface area contributed by atoms with Crippen LogP contribution in [0.2, 0.25) is 0 Å². The molecule has 0 aromatic heterocycles. The lowest BCUT2D eigenvalue weighted by molar-refractivity contribution is -0.123. The smallest absolute Gasteiger partial charge is 0.233 e. The average Bonchev–Trinajstić information content (AvgIpc) is 2.44. The van der Waals surface area contributed by atoms with E-state index in [1.807, 2.05) is 0 Å². The van der Waals surface area contributed by atoms with Gasteiger partial charge in [-0.25, -0.2) is 0 Å². The maximum atomic E-state index is 11.7. The number of benzene rings is 1. The number of amides is 2. The van der Waals surface area contributed by atoms with Crippen molar-refractivity contribution in [2.24, 2.45) is 0 Å². The Bertz CT molecular complexity index is 528. The fourth-order valence-electron chi connectivity index (χ4n) is 1.69. The van der Waals surface area contributed by atoms with Crippen LogP contribution < -0.4 is 10.6 Å². The summed E-state index contributed by atoms with van der Waals surface area (Å²) in [5, 5.41) is 5.17. The number of carbonyl (C=O) groups excluding carboxylic acids is 3. The van der Waals surface area contributed by atoms with E-state index in [2.05, 4.69) is 10.6 Å². The molecular weight excluding hydrogens is 256 g/mol. The van der Waals surface area contributed by atoms with Crippen LogP contribution in [0, 0.1) is 0 Å². The molecule has 1 aliphatic rings. The lowest BCUT2D eigenvalue weighted by Crippen LogP contribution is -2.16. The normalized spacial score (nSPS) is 14.3. The van der Waals surface area contributed by atoms with Crippen molar-refractivity contribution < 1.29 is 14.4 Å². The molecule has 18 heavy (non-hydrogen) atoms. The Hall–Kier alpha value is -1.88. The van der Waals surface area contributed by atoms with Gasteiger partial charge in [-0.3, -0.25) is 14.4 Å². The average molecular weight is 267 g/mol. The largest absolute Gasteiger partial charge is 0.324 e. The van der Waals surface area contributed by atoms with Crippen LogP contribution in [0.1, 0.15) is 23.2 Å². The van der Waals surface area contributed by atoms with Crippen LogP contribution in [-0.4, -0.2) is 23.5 Å². The maximum absolute atomic E-state index is 11.7. The van der Waals surface area contributed by atoms with Crippen LogP contribution in [0.15, 0.2) is 18.2 Å². The molecule has 0 spiro atoms. The first-order valence-corrected chi connectivity index (χ1v) is 5.96. The van der Waals surface area contributed by atoms with Crippen LogP contribution in [0.3, 0.4) is 0 Å². The number of anilines is 2. The van der Waals surface area contributed by atoms with Gasteiger partial charge in [-0.15, -0.1) is 11.6 Å². The monoisotopic (exact) mass is 266 g/mol. The third-order valence-corrected chi connectivity index (χ3v) is 2.72. The Morgan fingerprint density at radius 1 is 1.17 bits per heavy atom. The van der Waals surface area contributed by atoms with Gasteiger partial charge >= 0.3 is 0 Å². The number of rotatable bonds is 3. The van der Waals surface area contributed by atoms with E-state index in [1.165, 1.54) is 0 Å². The molecule has 0 radical (unpaired) electrons. The van der Waals surface area contributed by atoms with Gasteiger partial charge in [0, 0.05) is 17.9 Å². The predicted octanol–water partition coefficient (Wildman–Crippen LogP) is 1.78. The molecule has 5 nitrogen and oxygen atoms in total. The molecule has 1 aromatic carbocycles. The molecular formula is C12H11ClN2O3. The highest BCUT2D eigenvalue weighted by Crippen LogP contribution is 2.26.